The monoisotopic (exact) mass is 624 g/mol. The van der Waals surface area contributed by atoms with Crippen LogP contribution in [-0.4, -0.2) is 55.6 Å². The van der Waals surface area contributed by atoms with Crippen molar-refractivity contribution in [2.24, 2.45) is 11.3 Å². The third-order valence-electron chi connectivity index (χ3n) is 7.53. The zero-order valence-corrected chi connectivity index (χ0v) is 27.3. The second-order valence-electron chi connectivity index (χ2n) is 13.0. The quantitative estimate of drug-likeness (QED) is 0.163. The van der Waals surface area contributed by atoms with Crippen LogP contribution in [0, 0.1) is 22.7 Å². The van der Waals surface area contributed by atoms with Gasteiger partial charge in [-0.15, -0.1) is 16.4 Å². The summed E-state index contributed by atoms with van der Waals surface area (Å²) in [5.41, 5.74) is 3.30. The molecule has 10 nitrogen and oxygen atoms in total. The minimum Gasteiger partial charge on any atom is -0.333 e. The number of nitrogens with zero attached hydrogens (tertiary/aromatic N) is 6. The summed E-state index contributed by atoms with van der Waals surface area (Å²) in [5.74, 6) is 0.434. The molecule has 1 saturated heterocycles. The van der Waals surface area contributed by atoms with Gasteiger partial charge >= 0.3 is 0 Å². The van der Waals surface area contributed by atoms with Crippen LogP contribution >= 0.6 is 11.3 Å². The number of carbonyl (C=O) groups is 2. The second-order valence-corrected chi connectivity index (χ2v) is 14.0. The molecular weight excluding hydrogens is 584 g/mol. The normalized spacial score (nSPS) is 15.5. The van der Waals surface area contributed by atoms with Crippen molar-refractivity contribution in [2.45, 2.75) is 66.6 Å². The van der Waals surface area contributed by atoms with E-state index in [-0.39, 0.29) is 28.8 Å². The highest BCUT2D eigenvalue weighted by atomic mass is 32.1. The molecule has 4 aromatic rings. The average molecular weight is 625 g/mol. The Bertz CT molecular complexity index is 1740. The van der Waals surface area contributed by atoms with Crippen molar-refractivity contribution in [1.29, 1.82) is 5.26 Å². The van der Waals surface area contributed by atoms with Gasteiger partial charge in [-0.1, -0.05) is 46.8 Å². The third-order valence-corrected chi connectivity index (χ3v) is 8.64. The van der Waals surface area contributed by atoms with E-state index >= 15 is 0 Å². The fraction of sp³-hybridized carbons (Fsp3) is 0.412. The topological polar surface area (TPSA) is 129 Å². The van der Waals surface area contributed by atoms with Gasteiger partial charge in [-0.2, -0.15) is 10.4 Å². The van der Waals surface area contributed by atoms with Crippen molar-refractivity contribution in [2.75, 3.05) is 18.4 Å². The van der Waals surface area contributed by atoms with Gasteiger partial charge in [0.05, 0.1) is 26.8 Å². The lowest BCUT2D eigenvalue weighted by Gasteiger charge is -2.26. The predicted octanol–water partition coefficient (Wildman–Crippen LogP) is 6.04. The first kappa shape index (κ1) is 32.0. The van der Waals surface area contributed by atoms with Gasteiger partial charge in [-0.05, 0) is 72.7 Å². The number of aromatic nitrogens is 4. The Hall–Kier alpha value is -4.40. The summed E-state index contributed by atoms with van der Waals surface area (Å²) in [6.45, 7) is 12.9. The highest BCUT2D eigenvalue weighted by molar-refractivity contribution is 7.17. The van der Waals surface area contributed by atoms with Gasteiger partial charge in [-0.25, -0.2) is 4.98 Å². The van der Waals surface area contributed by atoms with E-state index in [1.54, 1.807) is 23.2 Å². The molecule has 0 radical (unpaired) electrons. The van der Waals surface area contributed by atoms with E-state index in [0.717, 1.165) is 40.9 Å². The molecule has 0 bridgehead atoms. The second kappa shape index (κ2) is 13.7. The molecule has 3 aromatic heterocycles. The number of nitriles is 1. The van der Waals surface area contributed by atoms with Crippen LogP contribution in [0.2, 0.25) is 0 Å². The summed E-state index contributed by atoms with van der Waals surface area (Å²) in [5, 5.41) is 24.4. The van der Waals surface area contributed by atoms with Crippen molar-refractivity contribution in [3.8, 4) is 16.6 Å². The van der Waals surface area contributed by atoms with Gasteiger partial charge in [0.15, 0.2) is 0 Å². The van der Waals surface area contributed by atoms with Gasteiger partial charge in [0.25, 0.3) is 11.8 Å². The van der Waals surface area contributed by atoms with E-state index in [4.69, 9.17) is 4.98 Å². The zero-order valence-electron chi connectivity index (χ0n) is 26.5. The summed E-state index contributed by atoms with van der Waals surface area (Å²) in [4.78, 5) is 35.1. The Kier molecular flexibility index (Phi) is 9.75. The minimum absolute atomic E-state index is 0.153. The van der Waals surface area contributed by atoms with Crippen LogP contribution in [0.25, 0.3) is 21.6 Å². The number of anilines is 1. The molecular formula is C34H40N8O2S. The molecule has 11 heteroatoms. The molecule has 1 aliphatic heterocycles. The van der Waals surface area contributed by atoms with Crippen molar-refractivity contribution >= 4 is 40.1 Å². The lowest BCUT2D eigenvalue weighted by atomic mass is 9.93. The third kappa shape index (κ3) is 7.82. The van der Waals surface area contributed by atoms with Crippen LogP contribution < -0.4 is 10.6 Å². The van der Waals surface area contributed by atoms with Crippen LogP contribution in [0.4, 0.5) is 5.95 Å². The highest BCUT2D eigenvalue weighted by Gasteiger charge is 2.32. The molecule has 1 fully saturated rings. The Morgan fingerprint density at radius 3 is 2.73 bits per heavy atom. The molecule has 1 aromatic carbocycles. The largest absolute Gasteiger partial charge is 0.333 e. The summed E-state index contributed by atoms with van der Waals surface area (Å²) in [6, 6.07) is 15.4. The number of benzene rings is 1. The molecule has 4 heterocycles. The summed E-state index contributed by atoms with van der Waals surface area (Å²) < 4.78 is 1.99. The minimum atomic E-state index is -0.301. The number of thiophene rings is 1. The smallest absolute Gasteiger partial charge is 0.268 e. The fourth-order valence-corrected chi connectivity index (χ4v) is 6.36. The number of carbonyl (C=O) groups excluding carboxylic acids is 2. The van der Waals surface area contributed by atoms with Crippen molar-refractivity contribution in [3.63, 3.8) is 0 Å². The summed E-state index contributed by atoms with van der Waals surface area (Å²) in [7, 11) is 0. The maximum Gasteiger partial charge on any atom is 0.268 e. The lowest BCUT2D eigenvalue weighted by molar-refractivity contribution is -0.127. The van der Waals surface area contributed by atoms with E-state index in [0.29, 0.717) is 42.1 Å². The Balaban J connectivity index is 1.45. The van der Waals surface area contributed by atoms with Gasteiger partial charge in [0.1, 0.15) is 17.3 Å². The zero-order chi connectivity index (χ0) is 32.1. The molecule has 0 unspecified atom stereocenters. The van der Waals surface area contributed by atoms with E-state index in [1.165, 1.54) is 11.3 Å². The van der Waals surface area contributed by atoms with Crippen molar-refractivity contribution in [1.82, 2.24) is 30.0 Å². The first-order valence-electron chi connectivity index (χ1n) is 15.4. The average Bonchev–Trinajstić information content (AvgIpc) is 3.75. The fourth-order valence-electron chi connectivity index (χ4n) is 5.50. The molecule has 45 heavy (non-hydrogen) atoms. The number of nitrogens with one attached hydrogen (secondary N) is 2. The van der Waals surface area contributed by atoms with Gasteiger partial charge in [-0.3, -0.25) is 14.9 Å². The standard InChI is InChI=1S/C34H40N8O2S/c1-22(2)19-36-20-23-10-11-28-27(16-23)38-33(39-31(43)30-13-12-29(45-30)26-9-6-14-37-40-26)42(28)21-25-8-7-15-41(25)32(44)24(18-35)17-34(3,4)5/h6,9-14,16-17,22,25,36H,7-8,15,19-21H2,1-5H3,(H,38,39,43)/t25-/m1/s1. The molecule has 1 aliphatic rings. The number of hydrogen-bond acceptors (Lipinski definition) is 8. The van der Waals surface area contributed by atoms with E-state index in [2.05, 4.69) is 46.8 Å². The van der Waals surface area contributed by atoms with Gasteiger partial charge < -0.3 is 14.8 Å². The number of imidazole rings is 1. The number of rotatable bonds is 10. The number of fused-ring (bicyclic) bond motifs is 1. The highest BCUT2D eigenvalue weighted by Crippen LogP contribution is 2.30. The molecule has 2 N–H and O–H groups in total. The number of amides is 2. The first-order chi connectivity index (χ1) is 21.5. The molecule has 5 rings (SSSR count). The SMILES string of the molecule is CC(C)CNCc1ccc2c(c1)nc(NC(=O)c1ccc(-c3cccnn3)s1)n2C[C@H]1CCCN1C(=O)C(C#N)=CC(C)(C)C. The Morgan fingerprint density at radius 1 is 1.20 bits per heavy atom. The van der Waals surface area contributed by atoms with Crippen LogP contribution in [-0.2, 0) is 17.9 Å². The number of allylic oxidation sites excluding steroid dienone is 1. The molecule has 234 valence electrons. The number of likely N-dealkylation sites (tertiary alicyclic amines) is 1. The van der Waals surface area contributed by atoms with Crippen LogP contribution in [0.5, 0.6) is 0 Å². The van der Waals surface area contributed by atoms with E-state index in [1.807, 2.05) is 55.7 Å². The molecule has 0 aliphatic carbocycles. The summed E-state index contributed by atoms with van der Waals surface area (Å²) in [6.07, 6.45) is 4.98. The lowest BCUT2D eigenvalue weighted by Crippen LogP contribution is -2.39. The van der Waals surface area contributed by atoms with Gasteiger partial charge in [0, 0.05) is 25.8 Å². The van der Waals surface area contributed by atoms with Crippen LogP contribution in [0.1, 0.15) is 62.7 Å². The maximum atomic E-state index is 13.5. The van der Waals surface area contributed by atoms with E-state index in [9.17, 15) is 14.9 Å². The van der Waals surface area contributed by atoms with Crippen LogP contribution in [0.3, 0.4) is 0 Å². The maximum absolute atomic E-state index is 13.5. The molecule has 1 atom stereocenters. The first-order valence-corrected chi connectivity index (χ1v) is 16.2. The van der Waals surface area contributed by atoms with Crippen molar-refractivity contribution < 1.29 is 9.59 Å². The summed E-state index contributed by atoms with van der Waals surface area (Å²) >= 11 is 1.34. The van der Waals surface area contributed by atoms with Gasteiger partial charge in [0.2, 0.25) is 5.95 Å². The van der Waals surface area contributed by atoms with E-state index < -0.39 is 0 Å². The predicted molar refractivity (Wildman–Crippen MR) is 177 cm³/mol. The Labute approximate surface area is 268 Å². The number of hydrogen-bond donors (Lipinski definition) is 2. The molecule has 2 amide bonds. The van der Waals surface area contributed by atoms with Crippen molar-refractivity contribution in [3.05, 3.63) is 70.8 Å². The molecule has 0 saturated carbocycles. The van der Waals surface area contributed by atoms with Crippen LogP contribution in [0.15, 0.2) is 60.3 Å². The Morgan fingerprint density at radius 2 is 2.02 bits per heavy atom. The molecule has 0 spiro atoms.